The molecule has 0 N–H and O–H groups in total. The Balaban J connectivity index is 1.93. The number of aryl methyl sites for hydroxylation is 1. The van der Waals surface area contributed by atoms with Gasteiger partial charge in [-0.15, -0.1) is 0 Å². The summed E-state index contributed by atoms with van der Waals surface area (Å²) in [5, 5.41) is 1.29. The van der Waals surface area contributed by atoms with E-state index in [9.17, 15) is 0 Å². The van der Waals surface area contributed by atoms with Crippen molar-refractivity contribution >= 4 is 10.9 Å². The van der Waals surface area contributed by atoms with Crippen LogP contribution in [0.2, 0.25) is 0 Å². The summed E-state index contributed by atoms with van der Waals surface area (Å²) in [5.41, 5.74) is 3.94. The molecular weight excluding hydrogens is 230 g/mol. The first-order valence-electron chi connectivity index (χ1n) is 7.04. The average Bonchev–Trinajstić information content (AvgIpc) is 2.90. The van der Waals surface area contributed by atoms with Crippen LogP contribution >= 0.6 is 0 Å². The van der Waals surface area contributed by atoms with E-state index in [-0.39, 0.29) is 0 Å². The molecule has 1 heteroatoms. The lowest BCUT2D eigenvalue weighted by atomic mass is 10.1. The highest BCUT2D eigenvalue weighted by Gasteiger charge is 2.02. The van der Waals surface area contributed by atoms with Gasteiger partial charge in [0.1, 0.15) is 0 Å². The molecule has 0 fully saturated rings. The van der Waals surface area contributed by atoms with Crippen LogP contribution in [0.25, 0.3) is 16.6 Å². The Kier molecular flexibility index (Phi) is 3.37. The third-order valence-electron chi connectivity index (χ3n) is 3.63. The lowest BCUT2D eigenvalue weighted by molar-refractivity contribution is 0.795. The molecule has 0 saturated carbocycles. The zero-order valence-electron chi connectivity index (χ0n) is 11.3. The van der Waals surface area contributed by atoms with E-state index in [1.165, 1.54) is 41.4 Å². The van der Waals surface area contributed by atoms with E-state index in [4.69, 9.17) is 0 Å². The molecule has 0 saturated heterocycles. The molecule has 96 valence electrons. The number of unbranched alkanes of at least 4 members (excludes halogenated alkanes) is 1. The number of para-hydroxylation sites is 1. The number of hydrogen-bond donors (Lipinski definition) is 0. The molecule has 0 radical (unpaired) electrons. The number of benzene rings is 2. The Bertz CT molecular complexity index is 661. The third-order valence-corrected chi connectivity index (χ3v) is 3.63. The summed E-state index contributed by atoms with van der Waals surface area (Å²) < 4.78 is 2.25. The maximum absolute atomic E-state index is 2.25. The standard InChI is InChI=1S/C18H19N/c1-2-3-6-15-9-11-17(12-10-15)19-14-13-16-7-4-5-8-18(16)19/h4-5,7-14H,2-3,6H2,1H3. The summed E-state index contributed by atoms with van der Waals surface area (Å²) in [4.78, 5) is 0. The molecule has 0 aliphatic carbocycles. The van der Waals surface area contributed by atoms with Crippen molar-refractivity contribution in [2.45, 2.75) is 26.2 Å². The number of rotatable bonds is 4. The summed E-state index contributed by atoms with van der Waals surface area (Å²) in [6.45, 7) is 2.24. The van der Waals surface area contributed by atoms with Crippen molar-refractivity contribution in [3.05, 3.63) is 66.4 Å². The Hall–Kier alpha value is -2.02. The molecule has 0 spiro atoms. The van der Waals surface area contributed by atoms with Crippen molar-refractivity contribution in [1.82, 2.24) is 4.57 Å². The third kappa shape index (κ3) is 2.41. The van der Waals surface area contributed by atoms with Gasteiger partial charge in [0.05, 0.1) is 5.52 Å². The summed E-state index contributed by atoms with van der Waals surface area (Å²) in [7, 11) is 0. The second-order valence-electron chi connectivity index (χ2n) is 5.01. The lowest BCUT2D eigenvalue weighted by Crippen LogP contribution is -1.92. The topological polar surface area (TPSA) is 4.93 Å². The predicted molar refractivity (Wildman–Crippen MR) is 81.9 cm³/mol. The second-order valence-corrected chi connectivity index (χ2v) is 5.01. The molecule has 1 aromatic heterocycles. The molecule has 19 heavy (non-hydrogen) atoms. The first-order chi connectivity index (χ1) is 9.38. The fourth-order valence-electron chi connectivity index (χ4n) is 2.51. The van der Waals surface area contributed by atoms with Gasteiger partial charge in [0.15, 0.2) is 0 Å². The van der Waals surface area contributed by atoms with Crippen molar-refractivity contribution < 1.29 is 0 Å². The van der Waals surface area contributed by atoms with Crippen molar-refractivity contribution in [2.75, 3.05) is 0 Å². The smallest absolute Gasteiger partial charge is 0.0528 e. The summed E-state index contributed by atoms with van der Waals surface area (Å²) in [6.07, 6.45) is 5.85. The molecule has 0 atom stereocenters. The van der Waals surface area contributed by atoms with Crippen molar-refractivity contribution in [2.24, 2.45) is 0 Å². The SMILES string of the molecule is CCCCc1ccc(-n2ccc3ccccc32)cc1. The summed E-state index contributed by atoms with van der Waals surface area (Å²) in [5.74, 6) is 0. The monoisotopic (exact) mass is 249 g/mol. The highest BCUT2D eigenvalue weighted by molar-refractivity contribution is 5.81. The van der Waals surface area contributed by atoms with Crippen molar-refractivity contribution in [1.29, 1.82) is 0 Å². The van der Waals surface area contributed by atoms with Crippen molar-refractivity contribution in [3.63, 3.8) is 0 Å². The molecule has 1 nitrogen and oxygen atoms in total. The van der Waals surface area contributed by atoms with E-state index >= 15 is 0 Å². The van der Waals surface area contributed by atoms with Gasteiger partial charge >= 0.3 is 0 Å². The lowest BCUT2D eigenvalue weighted by Gasteiger charge is -2.07. The normalized spacial score (nSPS) is 11.0. The minimum absolute atomic E-state index is 1.18. The number of hydrogen-bond acceptors (Lipinski definition) is 0. The molecule has 0 amide bonds. The molecule has 3 aromatic rings. The van der Waals surface area contributed by atoms with Gasteiger partial charge in [0.2, 0.25) is 0 Å². The molecule has 0 aliphatic rings. The average molecular weight is 249 g/mol. The van der Waals surface area contributed by atoms with Gasteiger partial charge in [-0.1, -0.05) is 43.7 Å². The number of nitrogens with zero attached hydrogens (tertiary/aromatic N) is 1. The van der Waals surface area contributed by atoms with Crippen molar-refractivity contribution in [3.8, 4) is 5.69 Å². The zero-order valence-corrected chi connectivity index (χ0v) is 11.3. The highest BCUT2D eigenvalue weighted by Crippen LogP contribution is 2.20. The van der Waals surface area contributed by atoms with Gasteiger partial charge in [-0.3, -0.25) is 0 Å². The van der Waals surface area contributed by atoms with Gasteiger partial charge in [-0.05, 0) is 48.1 Å². The largest absolute Gasteiger partial charge is 0.317 e. The number of fused-ring (bicyclic) bond motifs is 1. The fourth-order valence-corrected chi connectivity index (χ4v) is 2.51. The first kappa shape index (κ1) is 12.0. The van der Waals surface area contributed by atoms with E-state index in [0.717, 1.165) is 0 Å². The number of aromatic nitrogens is 1. The van der Waals surface area contributed by atoms with Gasteiger partial charge in [0.25, 0.3) is 0 Å². The van der Waals surface area contributed by atoms with Gasteiger partial charge in [-0.25, -0.2) is 0 Å². The van der Waals surface area contributed by atoms with Crippen LogP contribution < -0.4 is 0 Å². The molecular formula is C18H19N. The predicted octanol–water partition coefficient (Wildman–Crippen LogP) is 4.97. The molecule has 0 aliphatic heterocycles. The van der Waals surface area contributed by atoms with E-state index in [1.54, 1.807) is 0 Å². The molecule has 0 unspecified atom stereocenters. The van der Waals surface area contributed by atoms with Gasteiger partial charge in [-0.2, -0.15) is 0 Å². The Morgan fingerprint density at radius 1 is 0.895 bits per heavy atom. The Morgan fingerprint density at radius 2 is 1.68 bits per heavy atom. The van der Waals surface area contributed by atoms with Crippen LogP contribution in [0.15, 0.2) is 60.8 Å². The molecule has 0 bridgehead atoms. The van der Waals surface area contributed by atoms with E-state index < -0.39 is 0 Å². The van der Waals surface area contributed by atoms with Gasteiger partial charge < -0.3 is 4.57 Å². The Morgan fingerprint density at radius 3 is 2.47 bits per heavy atom. The summed E-state index contributed by atoms with van der Waals surface area (Å²) >= 11 is 0. The maximum atomic E-state index is 2.25. The van der Waals surface area contributed by atoms with Gasteiger partial charge in [0, 0.05) is 11.9 Å². The van der Waals surface area contributed by atoms with Crippen LogP contribution in [0.5, 0.6) is 0 Å². The first-order valence-corrected chi connectivity index (χ1v) is 7.04. The van der Waals surface area contributed by atoms with Crippen LogP contribution in [-0.4, -0.2) is 4.57 Å². The summed E-state index contributed by atoms with van der Waals surface area (Å²) in [6, 6.07) is 19.6. The van der Waals surface area contributed by atoms with Crippen LogP contribution in [0.4, 0.5) is 0 Å². The van der Waals surface area contributed by atoms with Crippen LogP contribution in [0.3, 0.4) is 0 Å². The van der Waals surface area contributed by atoms with Crippen LogP contribution in [0, 0.1) is 0 Å². The fraction of sp³-hybridized carbons (Fsp3) is 0.222. The quantitative estimate of drug-likeness (QED) is 0.615. The molecule has 2 aromatic carbocycles. The van der Waals surface area contributed by atoms with E-state index in [1.807, 2.05) is 0 Å². The minimum atomic E-state index is 1.18. The molecule has 3 rings (SSSR count). The van der Waals surface area contributed by atoms with Crippen LogP contribution in [-0.2, 0) is 6.42 Å². The minimum Gasteiger partial charge on any atom is -0.317 e. The maximum Gasteiger partial charge on any atom is 0.0528 e. The highest BCUT2D eigenvalue weighted by atomic mass is 15.0. The van der Waals surface area contributed by atoms with E-state index in [2.05, 4.69) is 72.3 Å². The van der Waals surface area contributed by atoms with E-state index in [0.29, 0.717) is 0 Å². The second kappa shape index (κ2) is 5.31. The Labute approximate surface area is 114 Å². The molecule has 1 heterocycles. The zero-order chi connectivity index (χ0) is 13.1. The van der Waals surface area contributed by atoms with Crippen LogP contribution in [0.1, 0.15) is 25.3 Å².